The van der Waals surface area contributed by atoms with Crippen LogP contribution in [0.5, 0.6) is 5.75 Å². The standard InChI is InChI=1S/C14H18BrN3O/c1-18-10-7-13(17-18)6-8-16-9-11-19-14-4-2-12(15)3-5-14/h2-5,7,10,16H,6,8-9,11H2,1H3. The lowest BCUT2D eigenvalue weighted by molar-refractivity contribution is 0.314. The molecule has 0 unspecified atom stereocenters. The van der Waals surface area contributed by atoms with Crippen LogP contribution in [0.25, 0.3) is 0 Å². The second kappa shape index (κ2) is 7.31. The van der Waals surface area contributed by atoms with Gasteiger partial charge < -0.3 is 10.1 Å². The maximum atomic E-state index is 5.61. The number of aryl methyl sites for hydroxylation is 1. The molecule has 0 amide bonds. The highest BCUT2D eigenvalue weighted by Gasteiger charge is 1.97. The molecule has 5 heteroatoms. The van der Waals surface area contributed by atoms with Crippen LogP contribution in [0.2, 0.25) is 0 Å². The molecule has 4 nitrogen and oxygen atoms in total. The van der Waals surface area contributed by atoms with Gasteiger partial charge in [0.25, 0.3) is 0 Å². The quantitative estimate of drug-likeness (QED) is 0.795. The smallest absolute Gasteiger partial charge is 0.119 e. The molecule has 0 radical (unpaired) electrons. The van der Waals surface area contributed by atoms with Gasteiger partial charge in [-0.05, 0) is 30.3 Å². The molecule has 0 saturated heterocycles. The van der Waals surface area contributed by atoms with Crippen LogP contribution in [0.15, 0.2) is 41.0 Å². The Balaban J connectivity index is 1.56. The van der Waals surface area contributed by atoms with Crippen LogP contribution in [0.3, 0.4) is 0 Å². The number of nitrogens with zero attached hydrogens (tertiary/aromatic N) is 2. The van der Waals surface area contributed by atoms with Gasteiger partial charge in [0.15, 0.2) is 0 Å². The topological polar surface area (TPSA) is 39.1 Å². The van der Waals surface area contributed by atoms with Gasteiger partial charge >= 0.3 is 0 Å². The molecule has 1 heterocycles. The molecule has 0 spiro atoms. The minimum absolute atomic E-state index is 0.670. The van der Waals surface area contributed by atoms with E-state index in [1.54, 1.807) is 0 Å². The second-order valence-electron chi connectivity index (χ2n) is 4.28. The van der Waals surface area contributed by atoms with Crippen molar-refractivity contribution in [1.82, 2.24) is 15.1 Å². The Morgan fingerprint density at radius 2 is 2.00 bits per heavy atom. The average molecular weight is 324 g/mol. The molecular formula is C14H18BrN3O. The largest absolute Gasteiger partial charge is 0.492 e. The molecule has 0 atom stereocenters. The van der Waals surface area contributed by atoms with Gasteiger partial charge in [0.1, 0.15) is 12.4 Å². The number of nitrogens with one attached hydrogen (secondary N) is 1. The SMILES string of the molecule is Cn1ccc(CCNCCOc2ccc(Br)cc2)n1. The van der Waals surface area contributed by atoms with Crippen molar-refractivity contribution in [2.45, 2.75) is 6.42 Å². The molecule has 0 aliphatic carbocycles. The summed E-state index contributed by atoms with van der Waals surface area (Å²) in [5.74, 6) is 0.898. The van der Waals surface area contributed by atoms with Crippen LogP contribution in [0.4, 0.5) is 0 Å². The van der Waals surface area contributed by atoms with Crippen molar-refractivity contribution in [3.05, 3.63) is 46.7 Å². The molecule has 2 rings (SSSR count). The highest BCUT2D eigenvalue weighted by Crippen LogP contribution is 2.15. The lowest BCUT2D eigenvalue weighted by Gasteiger charge is -2.07. The zero-order chi connectivity index (χ0) is 13.5. The number of rotatable bonds is 7. The molecule has 102 valence electrons. The summed E-state index contributed by atoms with van der Waals surface area (Å²) in [6.07, 6.45) is 2.91. The van der Waals surface area contributed by atoms with E-state index in [-0.39, 0.29) is 0 Å². The van der Waals surface area contributed by atoms with Crippen molar-refractivity contribution in [1.29, 1.82) is 0 Å². The van der Waals surface area contributed by atoms with Crippen molar-refractivity contribution in [2.24, 2.45) is 7.05 Å². The Hall–Kier alpha value is -1.33. The molecule has 19 heavy (non-hydrogen) atoms. The van der Waals surface area contributed by atoms with E-state index in [2.05, 4.69) is 26.3 Å². The summed E-state index contributed by atoms with van der Waals surface area (Å²) in [7, 11) is 1.93. The first-order chi connectivity index (χ1) is 9.24. The summed E-state index contributed by atoms with van der Waals surface area (Å²) in [4.78, 5) is 0. The maximum Gasteiger partial charge on any atom is 0.119 e. The molecular weight excluding hydrogens is 306 g/mol. The fourth-order valence-electron chi connectivity index (χ4n) is 1.71. The van der Waals surface area contributed by atoms with E-state index in [1.165, 1.54) is 0 Å². The van der Waals surface area contributed by atoms with Gasteiger partial charge in [-0.2, -0.15) is 5.10 Å². The molecule has 2 aromatic rings. The van der Waals surface area contributed by atoms with Crippen molar-refractivity contribution >= 4 is 15.9 Å². The molecule has 0 fully saturated rings. The molecule has 0 aliphatic rings. The number of aromatic nitrogens is 2. The molecule has 0 bridgehead atoms. The predicted octanol–water partition coefficient (Wildman–Crippen LogP) is 2.39. The summed E-state index contributed by atoms with van der Waals surface area (Å²) < 4.78 is 8.50. The molecule has 0 saturated carbocycles. The van der Waals surface area contributed by atoms with E-state index in [0.717, 1.165) is 35.4 Å². The van der Waals surface area contributed by atoms with E-state index in [1.807, 2.05) is 48.3 Å². The molecule has 1 aromatic carbocycles. The summed E-state index contributed by atoms with van der Waals surface area (Å²) >= 11 is 3.40. The van der Waals surface area contributed by atoms with Crippen LogP contribution in [0.1, 0.15) is 5.69 Å². The Labute approximate surface area is 121 Å². The van der Waals surface area contributed by atoms with Gasteiger partial charge in [-0.3, -0.25) is 4.68 Å². The van der Waals surface area contributed by atoms with Crippen LogP contribution in [-0.2, 0) is 13.5 Å². The summed E-state index contributed by atoms with van der Waals surface area (Å²) in [6.45, 7) is 2.42. The minimum Gasteiger partial charge on any atom is -0.492 e. The third-order valence-corrected chi connectivity index (χ3v) is 3.22. The van der Waals surface area contributed by atoms with Gasteiger partial charge in [0, 0.05) is 37.2 Å². The Bertz CT molecular complexity index is 496. The average Bonchev–Trinajstić information content (AvgIpc) is 2.81. The van der Waals surface area contributed by atoms with E-state index < -0.39 is 0 Å². The predicted molar refractivity (Wildman–Crippen MR) is 79.4 cm³/mol. The second-order valence-corrected chi connectivity index (χ2v) is 5.20. The van der Waals surface area contributed by atoms with Crippen molar-refractivity contribution in [3.63, 3.8) is 0 Å². The van der Waals surface area contributed by atoms with Crippen LogP contribution >= 0.6 is 15.9 Å². The van der Waals surface area contributed by atoms with Crippen LogP contribution < -0.4 is 10.1 Å². The normalized spacial score (nSPS) is 10.6. The van der Waals surface area contributed by atoms with Crippen LogP contribution in [0, 0.1) is 0 Å². The number of benzene rings is 1. The maximum absolute atomic E-state index is 5.61. The minimum atomic E-state index is 0.670. The highest BCUT2D eigenvalue weighted by molar-refractivity contribution is 9.10. The Morgan fingerprint density at radius 3 is 2.68 bits per heavy atom. The fraction of sp³-hybridized carbons (Fsp3) is 0.357. The first-order valence-electron chi connectivity index (χ1n) is 6.31. The van der Waals surface area contributed by atoms with Crippen LogP contribution in [-0.4, -0.2) is 29.5 Å². The highest BCUT2D eigenvalue weighted by atomic mass is 79.9. The van der Waals surface area contributed by atoms with E-state index >= 15 is 0 Å². The number of hydrogen-bond donors (Lipinski definition) is 1. The van der Waals surface area contributed by atoms with Gasteiger partial charge in [-0.15, -0.1) is 0 Å². The third kappa shape index (κ3) is 5.04. The van der Waals surface area contributed by atoms with E-state index in [4.69, 9.17) is 4.74 Å². The molecule has 1 N–H and O–H groups in total. The first-order valence-corrected chi connectivity index (χ1v) is 7.11. The van der Waals surface area contributed by atoms with Crippen molar-refractivity contribution < 1.29 is 4.74 Å². The van der Waals surface area contributed by atoms with E-state index in [9.17, 15) is 0 Å². The van der Waals surface area contributed by atoms with Crippen molar-refractivity contribution in [3.8, 4) is 5.75 Å². The third-order valence-electron chi connectivity index (χ3n) is 2.69. The number of ether oxygens (including phenoxy) is 1. The lowest BCUT2D eigenvalue weighted by Crippen LogP contribution is -2.23. The Morgan fingerprint density at radius 1 is 1.21 bits per heavy atom. The van der Waals surface area contributed by atoms with Gasteiger partial charge in [-0.25, -0.2) is 0 Å². The van der Waals surface area contributed by atoms with Gasteiger partial charge in [0.05, 0.1) is 5.69 Å². The first kappa shape index (κ1) is 14.1. The number of halogens is 1. The zero-order valence-corrected chi connectivity index (χ0v) is 12.6. The zero-order valence-electron chi connectivity index (χ0n) is 11.0. The van der Waals surface area contributed by atoms with Crippen molar-refractivity contribution in [2.75, 3.05) is 19.7 Å². The van der Waals surface area contributed by atoms with Gasteiger partial charge in [0.2, 0.25) is 0 Å². The fourth-order valence-corrected chi connectivity index (χ4v) is 1.97. The van der Waals surface area contributed by atoms with E-state index in [0.29, 0.717) is 6.61 Å². The molecule has 1 aromatic heterocycles. The summed E-state index contributed by atoms with van der Waals surface area (Å²) in [5.41, 5.74) is 1.11. The van der Waals surface area contributed by atoms with Gasteiger partial charge in [-0.1, -0.05) is 15.9 Å². The monoisotopic (exact) mass is 323 g/mol. The molecule has 0 aliphatic heterocycles. The lowest BCUT2D eigenvalue weighted by atomic mass is 10.3. The summed E-state index contributed by atoms with van der Waals surface area (Å²) in [5, 5.41) is 7.67. The Kier molecular flexibility index (Phi) is 5.42. The number of hydrogen-bond acceptors (Lipinski definition) is 3. The summed E-state index contributed by atoms with van der Waals surface area (Å²) in [6, 6.07) is 9.91.